The van der Waals surface area contributed by atoms with E-state index in [0.717, 1.165) is 32.7 Å². The highest BCUT2D eigenvalue weighted by atomic mass is 35.5. The Morgan fingerprint density at radius 3 is 2.46 bits per heavy atom. The van der Waals surface area contributed by atoms with Gasteiger partial charge in [0.05, 0.1) is 33.1 Å². The van der Waals surface area contributed by atoms with Gasteiger partial charge < -0.3 is 0 Å². The average molecular weight is 531 g/mol. The van der Waals surface area contributed by atoms with Crippen molar-refractivity contribution < 1.29 is 13.2 Å². The molecule has 2 aromatic carbocycles. The fourth-order valence-electron chi connectivity index (χ4n) is 3.85. The van der Waals surface area contributed by atoms with Crippen molar-refractivity contribution in [3.8, 4) is 0 Å². The van der Waals surface area contributed by atoms with Crippen molar-refractivity contribution in [2.45, 2.75) is 45.6 Å². The topological polar surface area (TPSA) is 85.2 Å². The van der Waals surface area contributed by atoms with Crippen LogP contribution in [0.15, 0.2) is 47.4 Å². The van der Waals surface area contributed by atoms with E-state index in [-0.39, 0.29) is 23.0 Å². The third kappa shape index (κ3) is 5.58. The van der Waals surface area contributed by atoms with Crippen molar-refractivity contribution in [1.29, 1.82) is 0 Å². The summed E-state index contributed by atoms with van der Waals surface area (Å²) in [5, 5.41) is 5.61. The summed E-state index contributed by atoms with van der Waals surface area (Å²) in [6.45, 7) is 8.45. The zero-order valence-corrected chi connectivity index (χ0v) is 22.5. The number of nitrogens with zero attached hydrogens (tertiary/aromatic N) is 4. The molecule has 0 N–H and O–H groups in total. The molecular weight excluding hydrogens is 504 g/mol. The van der Waals surface area contributed by atoms with Crippen LogP contribution in [0, 0.1) is 27.7 Å². The average Bonchev–Trinajstić information content (AvgIpc) is 3.38. The van der Waals surface area contributed by atoms with Crippen LogP contribution in [-0.2, 0) is 21.2 Å². The molecule has 0 saturated carbocycles. The Balaban J connectivity index is 1.60. The lowest BCUT2D eigenvalue weighted by Crippen LogP contribution is -2.35. The van der Waals surface area contributed by atoms with Crippen LogP contribution in [0.3, 0.4) is 0 Å². The van der Waals surface area contributed by atoms with E-state index in [1.807, 2.05) is 50.6 Å². The van der Waals surface area contributed by atoms with E-state index in [1.165, 1.54) is 11.3 Å². The molecule has 0 aliphatic heterocycles. The molecular formula is C25H27ClN4O3S2. The van der Waals surface area contributed by atoms with Gasteiger partial charge in [-0.2, -0.15) is 5.10 Å². The van der Waals surface area contributed by atoms with Crippen LogP contribution in [0.4, 0.5) is 5.13 Å². The zero-order chi connectivity index (χ0) is 25.3. The fourth-order valence-corrected chi connectivity index (χ4v) is 6.30. The van der Waals surface area contributed by atoms with Gasteiger partial charge in [-0.3, -0.25) is 14.4 Å². The Morgan fingerprint density at radius 1 is 1.09 bits per heavy atom. The molecule has 2 heterocycles. The number of rotatable bonds is 8. The molecule has 0 aliphatic rings. The molecule has 10 heteroatoms. The van der Waals surface area contributed by atoms with E-state index in [9.17, 15) is 13.2 Å². The largest absolute Gasteiger partial charge is 0.286 e. The lowest BCUT2D eigenvalue weighted by atomic mass is 10.2. The number of anilines is 1. The number of benzene rings is 2. The van der Waals surface area contributed by atoms with Crippen LogP contribution < -0.4 is 4.90 Å². The minimum Gasteiger partial charge on any atom is -0.286 e. The molecule has 0 atom stereocenters. The van der Waals surface area contributed by atoms with Crippen LogP contribution in [-0.4, -0.2) is 41.4 Å². The number of hydrogen-bond acceptors (Lipinski definition) is 6. The molecule has 2 aromatic heterocycles. The second-order valence-corrected chi connectivity index (χ2v) is 12.1. The Morgan fingerprint density at radius 2 is 1.80 bits per heavy atom. The van der Waals surface area contributed by atoms with Gasteiger partial charge in [0.15, 0.2) is 15.0 Å². The number of carbonyl (C=O) groups excluding carboxylic acids is 1. The molecule has 4 rings (SSSR count). The van der Waals surface area contributed by atoms with E-state index in [1.54, 1.807) is 29.2 Å². The van der Waals surface area contributed by atoms with Gasteiger partial charge in [-0.25, -0.2) is 13.4 Å². The van der Waals surface area contributed by atoms with E-state index in [2.05, 4.69) is 5.10 Å². The summed E-state index contributed by atoms with van der Waals surface area (Å²) in [6.07, 6.45) is -0.150. The van der Waals surface area contributed by atoms with E-state index in [4.69, 9.17) is 16.6 Å². The van der Waals surface area contributed by atoms with Crippen LogP contribution in [0.1, 0.15) is 28.9 Å². The molecule has 0 saturated heterocycles. The Kier molecular flexibility index (Phi) is 7.30. The number of amides is 1. The number of aryl methyl sites for hydroxylation is 4. The number of halogens is 1. The quantitative estimate of drug-likeness (QED) is 0.309. The highest BCUT2D eigenvalue weighted by molar-refractivity contribution is 7.91. The fraction of sp³-hybridized carbons (Fsp3) is 0.320. The van der Waals surface area contributed by atoms with Crippen molar-refractivity contribution in [3.63, 3.8) is 0 Å². The SMILES string of the molecule is Cc1ccc(S(=O)(=O)CCC(=O)N(CCn2nc(C)cc2C)c2nc3c(C)c(Cl)ccc3s2)cc1. The summed E-state index contributed by atoms with van der Waals surface area (Å²) in [7, 11) is -3.59. The predicted octanol–water partition coefficient (Wildman–Crippen LogP) is 5.28. The minimum atomic E-state index is -3.59. The predicted molar refractivity (Wildman–Crippen MR) is 141 cm³/mol. The maximum absolute atomic E-state index is 13.4. The van der Waals surface area contributed by atoms with Crippen molar-refractivity contribution in [2.24, 2.45) is 0 Å². The van der Waals surface area contributed by atoms with Crippen LogP contribution in [0.5, 0.6) is 0 Å². The van der Waals surface area contributed by atoms with Crippen LogP contribution in [0.25, 0.3) is 10.2 Å². The summed E-state index contributed by atoms with van der Waals surface area (Å²) in [5.74, 6) is -0.578. The van der Waals surface area contributed by atoms with Gasteiger partial charge in [0.2, 0.25) is 5.91 Å². The van der Waals surface area contributed by atoms with Gasteiger partial charge in [0.1, 0.15) is 0 Å². The van der Waals surface area contributed by atoms with Crippen molar-refractivity contribution in [3.05, 3.63) is 70.0 Å². The van der Waals surface area contributed by atoms with E-state index in [0.29, 0.717) is 23.2 Å². The van der Waals surface area contributed by atoms with Gasteiger partial charge >= 0.3 is 0 Å². The number of carbonyl (C=O) groups is 1. The van der Waals surface area contributed by atoms with Crippen molar-refractivity contribution >= 4 is 54.0 Å². The first-order chi connectivity index (χ1) is 16.5. The normalized spacial score (nSPS) is 11.8. The van der Waals surface area contributed by atoms with Gasteiger partial charge in [-0.1, -0.05) is 40.6 Å². The Bertz CT molecular complexity index is 1490. The second-order valence-electron chi connectivity index (χ2n) is 8.59. The molecule has 184 valence electrons. The number of sulfone groups is 1. The van der Waals surface area contributed by atoms with Gasteiger partial charge in [0.25, 0.3) is 0 Å². The highest BCUT2D eigenvalue weighted by Crippen LogP contribution is 2.34. The summed E-state index contributed by atoms with van der Waals surface area (Å²) >= 11 is 7.66. The first kappa shape index (κ1) is 25.3. The summed E-state index contributed by atoms with van der Waals surface area (Å²) in [6, 6.07) is 12.3. The van der Waals surface area contributed by atoms with E-state index < -0.39 is 9.84 Å². The third-order valence-corrected chi connectivity index (χ3v) is 9.06. The van der Waals surface area contributed by atoms with E-state index >= 15 is 0 Å². The summed E-state index contributed by atoms with van der Waals surface area (Å²) < 4.78 is 28.4. The molecule has 0 fully saturated rings. The molecule has 0 unspecified atom stereocenters. The highest BCUT2D eigenvalue weighted by Gasteiger charge is 2.24. The molecule has 0 radical (unpaired) electrons. The summed E-state index contributed by atoms with van der Waals surface area (Å²) in [5.41, 5.74) is 4.45. The number of aromatic nitrogens is 3. The Hall–Kier alpha value is -2.75. The van der Waals surface area contributed by atoms with Crippen molar-refractivity contribution in [2.75, 3.05) is 17.2 Å². The maximum Gasteiger partial charge on any atom is 0.229 e. The molecule has 0 aliphatic carbocycles. The molecule has 4 aromatic rings. The monoisotopic (exact) mass is 530 g/mol. The number of fused-ring (bicyclic) bond motifs is 1. The molecule has 35 heavy (non-hydrogen) atoms. The molecule has 0 bridgehead atoms. The standard InChI is InChI=1S/C25H27ClN4O3S2/c1-16-5-7-20(8-6-16)35(32,33)14-11-23(31)29(12-13-30-18(3)15-17(2)28-30)25-27-24-19(4)21(26)9-10-22(24)34-25/h5-10,15H,11-14H2,1-4H3. The first-order valence-corrected chi connectivity index (χ1v) is 14.1. The lowest BCUT2D eigenvalue weighted by molar-refractivity contribution is -0.118. The lowest BCUT2D eigenvalue weighted by Gasteiger charge is -2.20. The third-order valence-electron chi connectivity index (χ3n) is 5.87. The summed E-state index contributed by atoms with van der Waals surface area (Å²) in [4.78, 5) is 19.9. The van der Waals surface area contributed by atoms with Gasteiger partial charge in [-0.05, 0) is 63.6 Å². The Labute approximate surface area is 214 Å². The van der Waals surface area contributed by atoms with Gasteiger partial charge in [0, 0.05) is 23.7 Å². The molecule has 7 nitrogen and oxygen atoms in total. The molecule has 1 amide bonds. The number of hydrogen-bond donors (Lipinski definition) is 0. The smallest absolute Gasteiger partial charge is 0.229 e. The van der Waals surface area contributed by atoms with Gasteiger partial charge in [-0.15, -0.1) is 0 Å². The van der Waals surface area contributed by atoms with Crippen LogP contribution >= 0.6 is 22.9 Å². The second kappa shape index (κ2) is 10.1. The minimum absolute atomic E-state index is 0.150. The maximum atomic E-state index is 13.4. The molecule has 0 spiro atoms. The zero-order valence-electron chi connectivity index (χ0n) is 20.1. The van der Waals surface area contributed by atoms with Crippen molar-refractivity contribution in [1.82, 2.24) is 14.8 Å². The van der Waals surface area contributed by atoms with Crippen LogP contribution in [0.2, 0.25) is 5.02 Å². The first-order valence-electron chi connectivity index (χ1n) is 11.2. The number of thiazole rings is 1.